The van der Waals surface area contributed by atoms with Crippen LogP contribution in [0.2, 0.25) is 10.0 Å². The first-order valence-electron chi connectivity index (χ1n) is 8.83. The van der Waals surface area contributed by atoms with Gasteiger partial charge in [-0.25, -0.2) is 0 Å². The normalized spacial score (nSPS) is 14.2. The van der Waals surface area contributed by atoms with Gasteiger partial charge in [0.05, 0.1) is 12.0 Å². The van der Waals surface area contributed by atoms with Gasteiger partial charge in [-0.2, -0.15) is 0 Å². The molecule has 0 radical (unpaired) electrons. The third-order valence-electron chi connectivity index (χ3n) is 4.46. The topological polar surface area (TPSA) is 35.5 Å². The minimum atomic E-state index is 0.0438. The fraction of sp³-hybridized carbons (Fsp3) is 0.0870. The van der Waals surface area contributed by atoms with Crippen LogP contribution in [0.4, 0.5) is 0 Å². The molecular weight excluding hydrogens is 427 g/mol. The maximum absolute atomic E-state index is 12.6. The summed E-state index contributed by atoms with van der Waals surface area (Å²) in [4.78, 5) is 14.2. The van der Waals surface area contributed by atoms with Crippen LogP contribution in [0.25, 0.3) is 6.08 Å². The molecule has 0 spiro atoms. The third kappa shape index (κ3) is 4.30. The van der Waals surface area contributed by atoms with Crippen molar-refractivity contribution in [3.05, 3.63) is 92.3 Å². The van der Waals surface area contributed by atoms with Gasteiger partial charge in [0.15, 0.2) is 11.5 Å². The molecule has 29 heavy (non-hydrogen) atoms. The van der Waals surface area contributed by atoms with Gasteiger partial charge in [0.2, 0.25) is 5.78 Å². The Kier molecular flexibility index (Phi) is 5.86. The number of halogens is 2. The molecule has 0 amide bonds. The summed E-state index contributed by atoms with van der Waals surface area (Å²) < 4.78 is 11.4. The van der Waals surface area contributed by atoms with Crippen molar-refractivity contribution in [2.24, 2.45) is 0 Å². The number of hydrogen-bond donors (Lipinski definition) is 0. The second-order valence-corrected chi connectivity index (χ2v) is 8.30. The van der Waals surface area contributed by atoms with E-state index in [4.69, 9.17) is 32.7 Å². The summed E-state index contributed by atoms with van der Waals surface area (Å²) in [6.45, 7) is 0.288. The number of fused-ring (bicyclic) bond motifs is 1. The van der Waals surface area contributed by atoms with Crippen molar-refractivity contribution >= 4 is 46.8 Å². The number of rotatable bonds is 5. The summed E-state index contributed by atoms with van der Waals surface area (Å²) in [6, 6.07) is 18.5. The van der Waals surface area contributed by atoms with E-state index >= 15 is 0 Å². The molecule has 0 N–H and O–H groups in total. The van der Waals surface area contributed by atoms with Gasteiger partial charge < -0.3 is 9.47 Å². The van der Waals surface area contributed by atoms with Crippen molar-refractivity contribution in [3.8, 4) is 11.5 Å². The lowest BCUT2D eigenvalue weighted by atomic mass is 10.1. The van der Waals surface area contributed by atoms with Crippen LogP contribution in [-0.4, -0.2) is 12.9 Å². The first-order valence-corrected chi connectivity index (χ1v) is 10.4. The van der Waals surface area contributed by atoms with E-state index in [1.165, 1.54) is 11.8 Å². The van der Waals surface area contributed by atoms with E-state index in [9.17, 15) is 4.79 Å². The molecular formula is C23H16Cl2O3S. The van der Waals surface area contributed by atoms with Crippen LogP contribution in [-0.2, 0) is 6.61 Å². The minimum absolute atomic E-state index is 0.0438. The Morgan fingerprint density at radius 2 is 1.83 bits per heavy atom. The zero-order valence-corrected chi connectivity index (χ0v) is 17.8. The van der Waals surface area contributed by atoms with Crippen LogP contribution < -0.4 is 9.47 Å². The second-order valence-electron chi connectivity index (χ2n) is 6.37. The van der Waals surface area contributed by atoms with Crippen molar-refractivity contribution in [3.63, 3.8) is 0 Å². The Morgan fingerprint density at radius 1 is 1.00 bits per heavy atom. The highest BCUT2D eigenvalue weighted by Gasteiger charge is 2.25. The van der Waals surface area contributed by atoms with Crippen LogP contribution in [0.3, 0.4) is 0 Å². The van der Waals surface area contributed by atoms with Gasteiger partial charge in [0.25, 0.3) is 0 Å². The van der Waals surface area contributed by atoms with Crippen LogP contribution >= 0.6 is 35.0 Å². The summed E-state index contributed by atoms with van der Waals surface area (Å²) >= 11 is 13.6. The average Bonchev–Trinajstić information content (AvgIpc) is 3.03. The number of ether oxygens (including phenoxy) is 2. The van der Waals surface area contributed by atoms with Crippen molar-refractivity contribution in [1.82, 2.24) is 0 Å². The van der Waals surface area contributed by atoms with E-state index in [2.05, 4.69) is 0 Å². The van der Waals surface area contributed by atoms with E-state index in [0.717, 1.165) is 21.6 Å². The van der Waals surface area contributed by atoms with Gasteiger partial charge in [0, 0.05) is 26.1 Å². The number of hydrogen-bond acceptors (Lipinski definition) is 4. The number of carbonyl (C=O) groups excluding carboxylic acids is 1. The Balaban J connectivity index is 1.54. The van der Waals surface area contributed by atoms with E-state index in [0.29, 0.717) is 26.4 Å². The maximum atomic E-state index is 12.6. The molecule has 146 valence electrons. The highest BCUT2D eigenvalue weighted by atomic mass is 35.5. The van der Waals surface area contributed by atoms with Crippen LogP contribution in [0.15, 0.2) is 70.5 Å². The summed E-state index contributed by atoms with van der Waals surface area (Å²) in [7, 11) is 1.58. The first kappa shape index (κ1) is 19.9. The molecule has 0 aliphatic carbocycles. The molecule has 3 nitrogen and oxygen atoms in total. The molecule has 0 fully saturated rings. The second kappa shape index (κ2) is 8.54. The fourth-order valence-electron chi connectivity index (χ4n) is 2.97. The molecule has 3 aromatic carbocycles. The molecule has 1 heterocycles. The van der Waals surface area contributed by atoms with Gasteiger partial charge in [-0.15, -0.1) is 0 Å². The fourth-order valence-corrected chi connectivity index (χ4v) is 4.49. The zero-order chi connectivity index (χ0) is 20.4. The zero-order valence-electron chi connectivity index (χ0n) is 15.4. The molecule has 1 aliphatic rings. The SMILES string of the molecule is COc1cc(C=C2Sc3ccccc3C2=O)ccc1OCc1ccc(Cl)cc1Cl. The summed E-state index contributed by atoms with van der Waals surface area (Å²) in [5.41, 5.74) is 2.44. The largest absolute Gasteiger partial charge is 0.493 e. The maximum Gasteiger partial charge on any atom is 0.200 e. The quantitative estimate of drug-likeness (QED) is 0.402. The van der Waals surface area contributed by atoms with Crippen LogP contribution in [0, 0.1) is 0 Å². The van der Waals surface area contributed by atoms with Crippen molar-refractivity contribution in [1.29, 1.82) is 0 Å². The molecule has 0 saturated carbocycles. The number of allylic oxidation sites excluding steroid dienone is 1. The monoisotopic (exact) mass is 442 g/mol. The molecule has 1 aliphatic heterocycles. The molecule has 0 aromatic heterocycles. The third-order valence-corrected chi connectivity index (χ3v) is 6.15. The van der Waals surface area contributed by atoms with E-state index in [-0.39, 0.29) is 12.4 Å². The molecule has 6 heteroatoms. The lowest BCUT2D eigenvalue weighted by Gasteiger charge is -2.12. The number of Topliss-reactive ketones (excluding diaryl/α,β-unsaturated/α-hetero) is 1. The predicted molar refractivity (Wildman–Crippen MR) is 118 cm³/mol. The van der Waals surface area contributed by atoms with E-state index in [1.807, 2.05) is 54.6 Å². The molecule has 0 atom stereocenters. The van der Waals surface area contributed by atoms with Crippen molar-refractivity contribution in [2.45, 2.75) is 11.5 Å². The minimum Gasteiger partial charge on any atom is -0.493 e. The van der Waals surface area contributed by atoms with Gasteiger partial charge in [-0.1, -0.05) is 59.2 Å². The molecule has 0 unspecified atom stereocenters. The molecule has 4 rings (SSSR count). The van der Waals surface area contributed by atoms with Crippen LogP contribution in [0.1, 0.15) is 21.5 Å². The Labute approximate surface area is 183 Å². The Bertz CT molecular complexity index is 1120. The summed E-state index contributed by atoms with van der Waals surface area (Å²) in [5, 5.41) is 1.13. The molecule has 0 bridgehead atoms. The first-order chi connectivity index (χ1) is 14.0. The highest BCUT2D eigenvalue weighted by molar-refractivity contribution is 8.04. The Hall–Kier alpha value is -2.40. The highest BCUT2D eigenvalue weighted by Crippen LogP contribution is 2.41. The average molecular weight is 443 g/mol. The number of benzene rings is 3. The predicted octanol–water partition coefficient (Wildman–Crippen LogP) is 6.91. The number of ketones is 1. The number of thioether (sulfide) groups is 1. The van der Waals surface area contributed by atoms with Crippen LogP contribution in [0.5, 0.6) is 11.5 Å². The van der Waals surface area contributed by atoms with Gasteiger partial charge in [-0.3, -0.25) is 4.79 Å². The van der Waals surface area contributed by atoms with Gasteiger partial charge in [-0.05, 0) is 48.0 Å². The van der Waals surface area contributed by atoms with Gasteiger partial charge in [0.1, 0.15) is 6.61 Å². The van der Waals surface area contributed by atoms with E-state index in [1.54, 1.807) is 19.2 Å². The summed E-state index contributed by atoms with van der Waals surface area (Å²) in [6.07, 6.45) is 1.87. The smallest absolute Gasteiger partial charge is 0.200 e. The Morgan fingerprint density at radius 3 is 2.59 bits per heavy atom. The number of carbonyl (C=O) groups is 1. The lowest BCUT2D eigenvalue weighted by molar-refractivity contribution is 0.104. The van der Waals surface area contributed by atoms with Crippen molar-refractivity contribution in [2.75, 3.05) is 7.11 Å². The number of methoxy groups -OCH3 is 1. The van der Waals surface area contributed by atoms with Crippen molar-refractivity contribution < 1.29 is 14.3 Å². The lowest BCUT2D eigenvalue weighted by Crippen LogP contribution is -1.99. The van der Waals surface area contributed by atoms with Gasteiger partial charge >= 0.3 is 0 Å². The molecule has 0 saturated heterocycles. The standard InChI is InChI=1S/C23H16Cl2O3S/c1-27-20-10-14(11-22-23(26)17-4-2-3-5-21(17)29-22)6-9-19(20)28-13-15-7-8-16(24)12-18(15)25/h2-12H,13H2,1H3. The van der Waals surface area contributed by atoms with E-state index < -0.39 is 0 Å². The molecule has 3 aromatic rings. The summed E-state index contributed by atoms with van der Waals surface area (Å²) in [5.74, 6) is 1.22.